The first-order valence-electron chi connectivity index (χ1n) is 9.24. The monoisotopic (exact) mass is 354 g/mol. The minimum Gasteiger partial charge on any atom is -0.376 e. The molecule has 2 saturated heterocycles. The molecule has 0 amide bonds. The molecule has 2 aromatic heterocycles. The summed E-state index contributed by atoms with van der Waals surface area (Å²) in [6, 6.07) is 10.3. The molecule has 6 nitrogen and oxygen atoms in total. The third-order valence-corrected chi connectivity index (χ3v) is 5.02. The second-order valence-corrected chi connectivity index (χ2v) is 7.20. The zero-order valence-electron chi connectivity index (χ0n) is 15.3. The van der Waals surface area contributed by atoms with Crippen LogP contribution >= 0.6 is 0 Å². The van der Waals surface area contributed by atoms with E-state index in [0.29, 0.717) is 13.2 Å². The van der Waals surface area contributed by atoms with Crippen LogP contribution in [0.2, 0.25) is 0 Å². The smallest absolute Gasteiger partial charge is 0.121 e. The van der Waals surface area contributed by atoms with E-state index < -0.39 is 0 Å². The SMILES string of the molecule is Cc1cccc(CN2CCO[C@]3(COCCN(c4cccnc4)C3)C2)n1. The fourth-order valence-electron chi connectivity index (χ4n) is 3.82. The molecule has 0 aliphatic carbocycles. The van der Waals surface area contributed by atoms with Crippen LogP contribution < -0.4 is 4.90 Å². The van der Waals surface area contributed by atoms with E-state index in [1.807, 2.05) is 25.3 Å². The average molecular weight is 354 g/mol. The summed E-state index contributed by atoms with van der Waals surface area (Å²) in [6.07, 6.45) is 3.72. The number of hydrogen-bond acceptors (Lipinski definition) is 6. The molecule has 0 aromatic carbocycles. The van der Waals surface area contributed by atoms with Gasteiger partial charge in [0.15, 0.2) is 0 Å². The van der Waals surface area contributed by atoms with Gasteiger partial charge in [-0.2, -0.15) is 0 Å². The van der Waals surface area contributed by atoms with Crippen molar-refractivity contribution in [2.24, 2.45) is 0 Å². The first-order valence-corrected chi connectivity index (χ1v) is 9.24. The molecule has 2 aliphatic rings. The molecular weight excluding hydrogens is 328 g/mol. The maximum Gasteiger partial charge on any atom is 0.121 e. The summed E-state index contributed by atoms with van der Waals surface area (Å²) in [5.74, 6) is 0. The number of nitrogens with zero attached hydrogens (tertiary/aromatic N) is 4. The van der Waals surface area contributed by atoms with Crippen molar-refractivity contribution in [3.8, 4) is 0 Å². The van der Waals surface area contributed by atoms with Gasteiger partial charge >= 0.3 is 0 Å². The van der Waals surface area contributed by atoms with Crippen molar-refractivity contribution in [1.82, 2.24) is 14.9 Å². The topological polar surface area (TPSA) is 50.7 Å². The molecular formula is C20H26N4O2. The van der Waals surface area contributed by atoms with E-state index in [-0.39, 0.29) is 5.60 Å². The molecule has 6 heteroatoms. The van der Waals surface area contributed by atoms with Crippen molar-refractivity contribution in [1.29, 1.82) is 0 Å². The van der Waals surface area contributed by atoms with Crippen LogP contribution in [0.3, 0.4) is 0 Å². The highest BCUT2D eigenvalue weighted by Gasteiger charge is 2.40. The maximum atomic E-state index is 6.28. The Labute approximate surface area is 154 Å². The van der Waals surface area contributed by atoms with Crippen molar-refractivity contribution < 1.29 is 9.47 Å². The van der Waals surface area contributed by atoms with Crippen LogP contribution in [0.5, 0.6) is 0 Å². The Kier molecular flexibility index (Phi) is 5.15. The van der Waals surface area contributed by atoms with Crippen LogP contribution in [-0.2, 0) is 16.0 Å². The van der Waals surface area contributed by atoms with E-state index in [2.05, 4.69) is 38.0 Å². The van der Waals surface area contributed by atoms with Crippen molar-refractivity contribution in [3.05, 3.63) is 54.1 Å². The minimum atomic E-state index is -0.311. The predicted octanol–water partition coefficient (Wildman–Crippen LogP) is 1.89. The second-order valence-electron chi connectivity index (χ2n) is 7.20. The number of hydrogen-bond donors (Lipinski definition) is 0. The van der Waals surface area contributed by atoms with Gasteiger partial charge in [-0.25, -0.2) is 0 Å². The summed E-state index contributed by atoms with van der Waals surface area (Å²) >= 11 is 0. The van der Waals surface area contributed by atoms with Gasteiger partial charge in [-0.05, 0) is 31.2 Å². The zero-order chi connectivity index (χ0) is 17.8. The summed E-state index contributed by atoms with van der Waals surface area (Å²) in [6.45, 7) is 8.38. The summed E-state index contributed by atoms with van der Waals surface area (Å²) in [7, 11) is 0. The van der Waals surface area contributed by atoms with Crippen molar-refractivity contribution in [3.63, 3.8) is 0 Å². The number of anilines is 1. The van der Waals surface area contributed by atoms with Gasteiger partial charge in [0.05, 0.1) is 43.9 Å². The molecule has 0 N–H and O–H groups in total. The first-order chi connectivity index (χ1) is 12.7. The van der Waals surface area contributed by atoms with Gasteiger partial charge in [0.2, 0.25) is 0 Å². The van der Waals surface area contributed by atoms with Crippen molar-refractivity contribution >= 4 is 5.69 Å². The van der Waals surface area contributed by atoms with Crippen LogP contribution in [0.25, 0.3) is 0 Å². The first kappa shape index (κ1) is 17.4. The third kappa shape index (κ3) is 4.03. The maximum absolute atomic E-state index is 6.28. The Morgan fingerprint density at radius 1 is 1.12 bits per heavy atom. The number of ether oxygens (including phenoxy) is 2. The number of morpholine rings is 1. The quantitative estimate of drug-likeness (QED) is 0.839. The van der Waals surface area contributed by atoms with Crippen LogP contribution in [-0.4, -0.2) is 66.5 Å². The molecule has 26 heavy (non-hydrogen) atoms. The minimum absolute atomic E-state index is 0.311. The predicted molar refractivity (Wildman–Crippen MR) is 100 cm³/mol. The van der Waals surface area contributed by atoms with Gasteiger partial charge in [0.1, 0.15) is 5.60 Å². The highest BCUT2D eigenvalue weighted by molar-refractivity contribution is 5.44. The van der Waals surface area contributed by atoms with Crippen LogP contribution in [0.15, 0.2) is 42.7 Å². The third-order valence-electron chi connectivity index (χ3n) is 5.02. The van der Waals surface area contributed by atoms with Gasteiger partial charge in [0.25, 0.3) is 0 Å². The summed E-state index contributed by atoms with van der Waals surface area (Å²) < 4.78 is 12.2. The largest absolute Gasteiger partial charge is 0.376 e. The van der Waals surface area contributed by atoms with Gasteiger partial charge in [-0.15, -0.1) is 0 Å². The van der Waals surface area contributed by atoms with Gasteiger partial charge in [-0.3, -0.25) is 14.9 Å². The van der Waals surface area contributed by atoms with Crippen molar-refractivity contribution in [2.45, 2.75) is 19.1 Å². The second kappa shape index (κ2) is 7.70. The number of pyridine rings is 2. The molecule has 1 atom stereocenters. The highest BCUT2D eigenvalue weighted by atomic mass is 16.5. The Hall–Kier alpha value is -2.02. The van der Waals surface area contributed by atoms with Crippen LogP contribution in [0.1, 0.15) is 11.4 Å². The molecule has 0 radical (unpaired) electrons. The lowest BCUT2D eigenvalue weighted by molar-refractivity contribution is -0.134. The molecule has 2 aliphatic heterocycles. The Balaban J connectivity index is 1.49. The molecule has 0 bridgehead atoms. The van der Waals surface area contributed by atoms with E-state index in [1.54, 1.807) is 6.20 Å². The summed E-state index contributed by atoms with van der Waals surface area (Å²) in [4.78, 5) is 13.7. The van der Waals surface area contributed by atoms with E-state index in [4.69, 9.17) is 9.47 Å². The van der Waals surface area contributed by atoms with E-state index in [9.17, 15) is 0 Å². The normalized spacial score (nSPS) is 24.6. The lowest BCUT2D eigenvalue weighted by Gasteiger charge is -2.43. The van der Waals surface area contributed by atoms with E-state index in [0.717, 1.165) is 56.4 Å². The van der Waals surface area contributed by atoms with Gasteiger partial charge < -0.3 is 14.4 Å². The molecule has 0 unspecified atom stereocenters. The summed E-state index contributed by atoms with van der Waals surface area (Å²) in [5, 5.41) is 0. The molecule has 4 heterocycles. The molecule has 2 fully saturated rings. The molecule has 1 spiro atoms. The Morgan fingerprint density at radius 2 is 2.08 bits per heavy atom. The number of aromatic nitrogens is 2. The lowest BCUT2D eigenvalue weighted by atomic mass is 10.0. The van der Waals surface area contributed by atoms with Gasteiger partial charge in [-0.1, -0.05) is 6.07 Å². The Morgan fingerprint density at radius 3 is 2.92 bits per heavy atom. The molecule has 0 saturated carbocycles. The zero-order valence-corrected chi connectivity index (χ0v) is 15.3. The lowest BCUT2D eigenvalue weighted by Crippen LogP contribution is -2.58. The van der Waals surface area contributed by atoms with Gasteiger partial charge in [0, 0.05) is 38.1 Å². The molecule has 4 rings (SSSR count). The highest BCUT2D eigenvalue weighted by Crippen LogP contribution is 2.26. The fourth-order valence-corrected chi connectivity index (χ4v) is 3.82. The Bertz CT molecular complexity index is 727. The van der Waals surface area contributed by atoms with Crippen LogP contribution in [0.4, 0.5) is 5.69 Å². The average Bonchev–Trinajstić information content (AvgIpc) is 2.85. The standard InChI is InChI=1S/C20H26N4O2/c1-17-4-2-5-18(22-17)13-23-8-11-26-20(14-23)15-24(9-10-25-16-20)19-6-3-7-21-12-19/h2-7,12H,8-11,13-16H2,1H3/t20-/m1/s1. The number of aryl methyl sites for hydroxylation is 1. The van der Waals surface area contributed by atoms with Crippen molar-refractivity contribution in [2.75, 3.05) is 50.9 Å². The van der Waals surface area contributed by atoms with Crippen LogP contribution in [0, 0.1) is 6.92 Å². The van der Waals surface area contributed by atoms with E-state index >= 15 is 0 Å². The molecule has 2 aromatic rings. The number of rotatable bonds is 3. The van der Waals surface area contributed by atoms with E-state index in [1.165, 1.54) is 0 Å². The molecule has 138 valence electrons. The fraction of sp³-hybridized carbons (Fsp3) is 0.500. The summed E-state index contributed by atoms with van der Waals surface area (Å²) in [5.41, 5.74) is 2.99.